The van der Waals surface area contributed by atoms with Crippen molar-refractivity contribution >= 4 is 23.1 Å². The molecule has 0 aliphatic heterocycles. The van der Waals surface area contributed by atoms with Crippen LogP contribution in [0.4, 0.5) is 0 Å². The van der Waals surface area contributed by atoms with Crippen LogP contribution < -0.4 is 0 Å². The van der Waals surface area contributed by atoms with Crippen molar-refractivity contribution in [2.75, 3.05) is 6.61 Å². The highest BCUT2D eigenvalue weighted by molar-refractivity contribution is 7.13. The number of ketones is 1. The summed E-state index contributed by atoms with van der Waals surface area (Å²) in [5.41, 5.74) is 1.97. The summed E-state index contributed by atoms with van der Waals surface area (Å²) in [6.07, 6.45) is 7.67. The van der Waals surface area contributed by atoms with Gasteiger partial charge >= 0.3 is 5.97 Å². The number of rotatable bonds is 5. The number of hydrogen-bond acceptors (Lipinski definition) is 7. The molecule has 0 amide bonds. The molecule has 0 aromatic carbocycles. The van der Waals surface area contributed by atoms with E-state index >= 15 is 0 Å². The molecule has 0 bridgehead atoms. The molecule has 6 nitrogen and oxygen atoms in total. The standard InChI is InChI=1S/C17H13N3O3S/c1-2-23-17(22)14-13(12-7-19-10-20-8-12)9-24-16(14)15(21)11-3-5-18-6-4-11/h3-10H,2H2,1H3. The van der Waals surface area contributed by atoms with E-state index < -0.39 is 5.97 Å². The van der Waals surface area contributed by atoms with Crippen LogP contribution in [0.3, 0.4) is 0 Å². The Morgan fingerprint density at radius 2 is 1.83 bits per heavy atom. The zero-order valence-corrected chi connectivity index (χ0v) is 13.6. The molecular formula is C17H13N3O3S. The second kappa shape index (κ2) is 7.10. The van der Waals surface area contributed by atoms with E-state index in [4.69, 9.17) is 4.74 Å². The number of aromatic nitrogens is 3. The average Bonchev–Trinajstić information content (AvgIpc) is 3.08. The molecule has 0 atom stereocenters. The Bertz CT molecular complexity index is 863. The first kappa shape index (κ1) is 15.9. The number of nitrogens with zero attached hydrogens (tertiary/aromatic N) is 3. The Hall–Kier alpha value is -2.93. The summed E-state index contributed by atoms with van der Waals surface area (Å²) in [5.74, 6) is -0.774. The van der Waals surface area contributed by atoms with E-state index in [0.29, 0.717) is 21.6 Å². The second-order valence-electron chi connectivity index (χ2n) is 4.77. The molecule has 0 spiro atoms. The van der Waals surface area contributed by atoms with Gasteiger partial charge in [-0.15, -0.1) is 11.3 Å². The Balaban J connectivity index is 2.12. The van der Waals surface area contributed by atoms with Gasteiger partial charge in [-0.3, -0.25) is 9.78 Å². The molecule has 0 unspecified atom stereocenters. The number of carbonyl (C=O) groups is 2. The largest absolute Gasteiger partial charge is 0.462 e. The minimum atomic E-state index is -0.532. The van der Waals surface area contributed by atoms with Gasteiger partial charge in [-0.2, -0.15) is 0 Å². The van der Waals surface area contributed by atoms with Crippen molar-refractivity contribution in [1.29, 1.82) is 0 Å². The van der Waals surface area contributed by atoms with Crippen molar-refractivity contribution in [3.63, 3.8) is 0 Å². The molecule has 0 saturated carbocycles. The number of pyridine rings is 1. The number of esters is 1. The summed E-state index contributed by atoms with van der Waals surface area (Å²) in [7, 11) is 0. The van der Waals surface area contributed by atoms with E-state index in [-0.39, 0.29) is 18.0 Å². The minimum absolute atomic E-state index is 0.225. The lowest BCUT2D eigenvalue weighted by atomic mass is 10.0. The van der Waals surface area contributed by atoms with Crippen LogP contribution in [0.5, 0.6) is 0 Å². The molecule has 0 aliphatic carbocycles. The Kier molecular flexibility index (Phi) is 4.72. The number of hydrogen-bond donors (Lipinski definition) is 0. The van der Waals surface area contributed by atoms with Gasteiger partial charge in [-0.1, -0.05) is 0 Å². The normalized spacial score (nSPS) is 10.4. The number of ether oxygens (including phenoxy) is 1. The third-order valence-electron chi connectivity index (χ3n) is 3.29. The molecule has 0 radical (unpaired) electrons. The molecule has 24 heavy (non-hydrogen) atoms. The maximum absolute atomic E-state index is 12.8. The summed E-state index contributed by atoms with van der Waals surface area (Å²) >= 11 is 1.20. The van der Waals surface area contributed by atoms with E-state index in [1.165, 1.54) is 30.1 Å². The molecule has 7 heteroatoms. The van der Waals surface area contributed by atoms with E-state index in [9.17, 15) is 9.59 Å². The number of carbonyl (C=O) groups excluding carboxylic acids is 2. The lowest BCUT2D eigenvalue weighted by Crippen LogP contribution is -2.11. The predicted molar refractivity (Wildman–Crippen MR) is 89.0 cm³/mol. The lowest BCUT2D eigenvalue weighted by molar-refractivity contribution is 0.0525. The van der Waals surface area contributed by atoms with Crippen LogP contribution in [0.1, 0.15) is 32.5 Å². The maximum Gasteiger partial charge on any atom is 0.340 e. The van der Waals surface area contributed by atoms with Gasteiger partial charge in [0.25, 0.3) is 0 Å². The predicted octanol–water partition coefficient (Wildman–Crippen LogP) is 3.01. The van der Waals surface area contributed by atoms with E-state index in [1.807, 2.05) is 0 Å². The van der Waals surface area contributed by atoms with E-state index in [1.54, 1.807) is 36.8 Å². The smallest absolute Gasteiger partial charge is 0.340 e. The highest BCUT2D eigenvalue weighted by atomic mass is 32.1. The van der Waals surface area contributed by atoms with Crippen molar-refractivity contribution in [2.24, 2.45) is 0 Å². The molecule has 0 N–H and O–H groups in total. The molecule has 0 fully saturated rings. The van der Waals surface area contributed by atoms with Gasteiger partial charge in [-0.25, -0.2) is 14.8 Å². The highest BCUT2D eigenvalue weighted by Crippen LogP contribution is 2.33. The van der Waals surface area contributed by atoms with Crippen molar-refractivity contribution in [3.8, 4) is 11.1 Å². The molecule has 3 aromatic heterocycles. The monoisotopic (exact) mass is 339 g/mol. The fraction of sp³-hybridized carbons (Fsp3) is 0.118. The summed E-state index contributed by atoms with van der Waals surface area (Å²) in [6.45, 7) is 1.95. The van der Waals surface area contributed by atoms with Gasteiger partial charge in [0.2, 0.25) is 5.78 Å². The molecule has 3 aromatic rings. The van der Waals surface area contributed by atoms with Gasteiger partial charge in [0.1, 0.15) is 6.33 Å². The quantitative estimate of drug-likeness (QED) is 0.525. The van der Waals surface area contributed by atoms with E-state index in [0.717, 1.165) is 0 Å². The zero-order valence-electron chi connectivity index (χ0n) is 12.8. The van der Waals surface area contributed by atoms with Crippen LogP contribution in [0, 0.1) is 0 Å². The first-order chi connectivity index (χ1) is 11.7. The highest BCUT2D eigenvalue weighted by Gasteiger charge is 2.26. The third-order valence-corrected chi connectivity index (χ3v) is 4.27. The lowest BCUT2D eigenvalue weighted by Gasteiger charge is -2.06. The van der Waals surface area contributed by atoms with Gasteiger partial charge in [0, 0.05) is 46.9 Å². The maximum atomic E-state index is 12.8. The van der Waals surface area contributed by atoms with Crippen LogP contribution >= 0.6 is 11.3 Å². The Labute approximate surface area is 142 Å². The minimum Gasteiger partial charge on any atom is -0.462 e. The Morgan fingerprint density at radius 3 is 2.50 bits per heavy atom. The van der Waals surface area contributed by atoms with Crippen LogP contribution in [0.25, 0.3) is 11.1 Å². The molecule has 0 saturated heterocycles. The van der Waals surface area contributed by atoms with Crippen molar-refractivity contribution < 1.29 is 14.3 Å². The van der Waals surface area contributed by atoms with Crippen LogP contribution in [0.15, 0.2) is 48.6 Å². The van der Waals surface area contributed by atoms with E-state index in [2.05, 4.69) is 15.0 Å². The summed E-state index contributed by atoms with van der Waals surface area (Å²) in [6, 6.07) is 3.23. The summed E-state index contributed by atoms with van der Waals surface area (Å²) in [5, 5.41) is 1.75. The number of thiophene rings is 1. The first-order valence-corrected chi connectivity index (χ1v) is 8.09. The van der Waals surface area contributed by atoms with Crippen molar-refractivity contribution in [2.45, 2.75) is 6.92 Å². The summed E-state index contributed by atoms with van der Waals surface area (Å²) < 4.78 is 5.14. The zero-order chi connectivity index (χ0) is 16.9. The molecule has 3 rings (SSSR count). The molecule has 3 heterocycles. The molecule has 120 valence electrons. The fourth-order valence-electron chi connectivity index (χ4n) is 2.22. The van der Waals surface area contributed by atoms with Crippen LogP contribution in [-0.4, -0.2) is 33.3 Å². The summed E-state index contributed by atoms with van der Waals surface area (Å²) in [4.78, 5) is 37.4. The van der Waals surface area contributed by atoms with Crippen LogP contribution in [-0.2, 0) is 4.74 Å². The van der Waals surface area contributed by atoms with Crippen molar-refractivity contribution in [1.82, 2.24) is 15.0 Å². The average molecular weight is 339 g/mol. The van der Waals surface area contributed by atoms with Gasteiger partial charge in [-0.05, 0) is 19.1 Å². The molecule has 0 aliphatic rings. The van der Waals surface area contributed by atoms with Gasteiger partial charge < -0.3 is 4.74 Å². The van der Waals surface area contributed by atoms with Gasteiger partial charge in [0.05, 0.1) is 17.0 Å². The topological polar surface area (TPSA) is 82.0 Å². The van der Waals surface area contributed by atoms with Gasteiger partial charge in [0.15, 0.2) is 0 Å². The fourth-order valence-corrected chi connectivity index (χ4v) is 3.24. The second-order valence-corrected chi connectivity index (χ2v) is 5.65. The first-order valence-electron chi connectivity index (χ1n) is 7.21. The molecular weight excluding hydrogens is 326 g/mol. The van der Waals surface area contributed by atoms with Crippen molar-refractivity contribution in [3.05, 3.63) is 64.6 Å². The third kappa shape index (κ3) is 3.07. The van der Waals surface area contributed by atoms with Crippen LogP contribution in [0.2, 0.25) is 0 Å². The SMILES string of the molecule is CCOC(=O)c1c(-c2cncnc2)csc1C(=O)c1ccncc1. The Morgan fingerprint density at radius 1 is 1.12 bits per heavy atom.